The van der Waals surface area contributed by atoms with Gasteiger partial charge in [-0.25, -0.2) is 4.39 Å². The third kappa shape index (κ3) is 3.30. The van der Waals surface area contributed by atoms with Gasteiger partial charge in [-0.05, 0) is 19.6 Å². The first-order valence-corrected chi connectivity index (χ1v) is 3.81. The van der Waals surface area contributed by atoms with E-state index in [1.165, 1.54) is 0 Å². The highest BCUT2D eigenvalue weighted by Crippen LogP contribution is 2.23. The Bertz CT molecular complexity index is 61.5. The van der Waals surface area contributed by atoms with Crippen LogP contribution in [0.4, 0.5) is 4.39 Å². The van der Waals surface area contributed by atoms with Gasteiger partial charge in [-0.2, -0.15) is 11.8 Å². The van der Waals surface area contributed by atoms with Crippen molar-refractivity contribution >= 4 is 11.8 Å². The van der Waals surface area contributed by atoms with Gasteiger partial charge >= 0.3 is 0 Å². The number of rotatable bonds is 3. The number of hydrogen-bond acceptors (Lipinski definition) is 1. The van der Waals surface area contributed by atoms with Crippen LogP contribution in [0.1, 0.15) is 20.8 Å². The van der Waals surface area contributed by atoms with Gasteiger partial charge in [0.2, 0.25) is 0 Å². The smallest absolute Gasteiger partial charge is 0.104 e. The SMILES string of the molecule is CCSC(C)(C)CF. The second-order valence-corrected chi connectivity index (χ2v) is 4.30. The molecular formula is C6H13FS. The average Bonchev–Trinajstić information content (AvgIpc) is 1.67. The van der Waals surface area contributed by atoms with Crippen LogP contribution in [-0.4, -0.2) is 17.2 Å². The molecule has 0 spiro atoms. The number of thioether (sulfide) groups is 1. The highest BCUT2D eigenvalue weighted by atomic mass is 32.2. The standard InChI is InChI=1S/C6H13FS/c1-4-8-6(2,3)5-7/h4-5H2,1-3H3. The fourth-order valence-corrected chi connectivity index (χ4v) is 1.29. The van der Waals surface area contributed by atoms with E-state index in [-0.39, 0.29) is 11.4 Å². The zero-order valence-corrected chi connectivity index (χ0v) is 6.52. The first kappa shape index (κ1) is 8.28. The largest absolute Gasteiger partial charge is 0.250 e. The molecule has 0 aliphatic carbocycles. The van der Waals surface area contributed by atoms with Crippen molar-refractivity contribution in [2.45, 2.75) is 25.5 Å². The minimum absolute atomic E-state index is 0.158. The summed E-state index contributed by atoms with van der Waals surface area (Å²) in [7, 11) is 0. The lowest BCUT2D eigenvalue weighted by Gasteiger charge is -2.17. The van der Waals surface area contributed by atoms with E-state index in [9.17, 15) is 4.39 Å². The van der Waals surface area contributed by atoms with Crippen molar-refractivity contribution in [3.63, 3.8) is 0 Å². The van der Waals surface area contributed by atoms with Crippen LogP contribution in [0.5, 0.6) is 0 Å². The van der Waals surface area contributed by atoms with Crippen LogP contribution in [-0.2, 0) is 0 Å². The molecule has 0 rings (SSSR count). The zero-order valence-electron chi connectivity index (χ0n) is 5.70. The molecule has 0 aromatic heterocycles. The van der Waals surface area contributed by atoms with Gasteiger partial charge in [0.15, 0.2) is 0 Å². The Morgan fingerprint density at radius 1 is 1.50 bits per heavy atom. The molecule has 0 bridgehead atoms. The van der Waals surface area contributed by atoms with E-state index < -0.39 is 0 Å². The first-order chi connectivity index (χ1) is 3.62. The summed E-state index contributed by atoms with van der Waals surface area (Å²) >= 11 is 1.66. The van der Waals surface area contributed by atoms with Gasteiger partial charge in [-0.1, -0.05) is 6.92 Å². The molecule has 0 aliphatic heterocycles. The topological polar surface area (TPSA) is 0 Å². The monoisotopic (exact) mass is 136 g/mol. The molecule has 0 aliphatic rings. The van der Waals surface area contributed by atoms with Crippen LogP contribution in [0.15, 0.2) is 0 Å². The lowest BCUT2D eigenvalue weighted by atomic mass is 10.2. The Morgan fingerprint density at radius 3 is 2.12 bits per heavy atom. The molecule has 50 valence electrons. The van der Waals surface area contributed by atoms with Crippen LogP contribution in [0.2, 0.25) is 0 Å². The van der Waals surface area contributed by atoms with E-state index in [4.69, 9.17) is 0 Å². The van der Waals surface area contributed by atoms with Crippen molar-refractivity contribution in [3.05, 3.63) is 0 Å². The molecule has 0 saturated heterocycles. The minimum Gasteiger partial charge on any atom is -0.250 e. The predicted molar refractivity (Wildman–Crippen MR) is 38.2 cm³/mol. The van der Waals surface area contributed by atoms with Gasteiger partial charge in [-0.15, -0.1) is 0 Å². The lowest BCUT2D eigenvalue weighted by Crippen LogP contribution is -2.17. The normalized spacial score (nSPS) is 12.0. The number of alkyl halides is 1. The lowest BCUT2D eigenvalue weighted by molar-refractivity contribution is 0.432. The maximum atomic E-state index is 11.9. The van der Waals surface area contributed by atoms with Crippen LogP contribution < -0.4 is 0 Å². The van der Waals surface area contributed by atoms with Crippen LogP contribution >= 0.6 is 11.8 Å². The molecule has 0 N–H and O–H groups in total. The second kappa shape index (κ2) is 3.33. The number of halogens is 1. The van der Waals surface area contributed by atoms with E-state index in [0.717, 1.165) is 5.75 Å². The summed E-state index contributed by atoms with van der Waals surface area (Å²) in [6.45, 7) is 5.65. The first-order valence-electron chi connectivity index (χ1n) is 2.82. The summed E-state index contributed by atoms with van der Waals surface area (Å²) in [6.07, 6.45) is 0. The molecular weight excluding hydrogens is 123 g/mol. The summed E-state index contributed by atoms with van der Waals surface area (Å²) in [5.41, 5.74) is 0. The Hall–Kier alpha value is 0.280. The third-order valence-corrected chi connectivity index (χ3v) is 2.04. The van der Waals surface area contributed by atoms with Crippen molar-refractivity contribution < 1.29 is 4.39 Å². The Kier molecular flexibility index (Phi) is 3.45. The maximum Gasteiger partial charge on any atom is 0.104 e. The molecule has 2 heteroatoms. The highest BCUT2D eigenvalue weighted by molar-refractivity contribution is 8.00. The van der Waals surface area contributed by atoms with Crippen molar-refractivity contribution in [1.82, 2.24) is 0 Å². The van der Waals surface area contributed by atoms with Crippen molar-refractivity contribution in [3.8, 4) is 0 Å². The molecule has 0 nitrogen and oxygen atoms in total. The van der Waals surface area contributed by atoms with Gasteiger partial charge in [-0.3, -0.25) is 0 Å². The highest BCUT2D eigenvalue weighted by Gasteiger charge is 2.15. The maximum absolute atomic E-state index is 11.9. The molecule has 0 unspecified atom stereocenters. The van der Waals surface area contributed by atoms with Gasteiger partial charge in [0.25, 0.3) is 0 Å². The van der Waals surface area contributed by atoms with E-state index in [0.29, 0.717) is 0 Å². The van der Waals surface area contributed by atoms with Crippen molar-refractivity contribution in [1.29, 1.82) is 0 Å². The van der Waals surface area contributed by atoms with E-state index >= 15 is 0 Å². The summed E-state index contributed by atoms with van der Waals surface area (Å²) in [5, 5.41) is 0. The minimum atomic E-state index is -0.231. The molecule has 0 aromatic rings. The quantitative estimate of drug-likeness (QED) is 0.574. The Balaban J connectivity index is 3.37. The molecule has 0 heterocycles. The van der Waals surface area contributed by atoms with Gasteiger partial charge in [0.05, 0.1) is 0 Å². The van der Waals surface area contributed by atoms with Crippen LogP contribution in [0, 0.1) is 0 Å². The second-order valence-electron chi connectivity index (χ2n) is 2.33. The van der Waals surface area contributed by atoms with E-state index in [1.807, 2.05) is 20.8 Å². The summed E-state index contributed by atoms with van der Waals surface area (Å²) < 4.78 is 11.8. The van der Waals surface area contributed by atoms with Gasteiger partial charge in [0.1, 0.15) is 6.67 Å². The van der Waals surface area contributed by atoms with Crippen LogP contribution in [0.3, 0.4) is 0 Å². The van der Waals surface area contributed by atoms with Crippen molar-refractivity contribution in [2.75, 3.05) is 12.4 Å². The third-order valence-electron chi connectivity index (χ3n) is 0.857. The van der Waals surface area contributed by atoms with Gasteiger partial charge < -0.3 is 0 Å². The average molecular weight is 136 g/mol. The van der Waals surface area contributed by atoms with E-state index in [2.05, 4.69) is 0 Å². The zero-order chi connectivity index (χ0) is 6.62. The molecule has 8 heavy (non-hydrogen) atoms. The predicted octanol–water partition coefficient (Wildman–Crippen LogP) is 2.49. The fraction of sp³-hybridized carbons (Fsp3) is 1.00. The number of hydrogen-bond donors (Lipinski definition) is 0. The molecule has 0 aromatic carbocycles. The Labute approximate surface area is 54.9 Å². The Morgan fingerprint density at radius 2 is 2.00 bits per heavy atom. The van der Waals surface area contributed by atoms with Gasteiger partial charge in [0, 0.05) is 4.75 Å². The van der Waals surface area contributed by atoms with Crippen molar-refractivity contribution in [2.24, 2.45) is 0 Å². The molecule has 0 fully saturated rings. The molecule has 0 amide bonds. The van der Waals surface area contributed by atoms with E-state index in [1.54, 1.807) is 11.8 Å². The summed E-state index contributed by atoms with van der Waals surface area (Å²) in [4.78, 5) is 0. The van der Waals surface area contributed by atoms with Crippen LogP contribution in [0.25, 0.3) is 0 Å². The molecule has 0 saturated carbocycles. The molecule has 0 atom stereocenters. The fourth-order valence-electron chi connectivity index (χ4n) is 0.429. The summed E-state index contributed by atoms with van der Waals surface area (Å²) in [5.74, 6) is 0.997. The molecule has 0 radical (unpaired) electrons. The summed E-state index contributed by atoms with van der Waals surface area (Å²) in [6, 6.07) is 0.